The van der Waals surface area contributed by atoms with Crippen LogP contribution >= 0.6 is 11.3 Å². The maximum absolute atomic E-state index is 14.1. The van der Waals surface area contributed by atoms with Crippen molar-refractivity contribution >= 4 is 48.3 Å². The molecule has 4 rings (SSSR count). The Labute approximate surface area is 184 Å². The number of piperazine rings is 1. The molecule has 164 valence electrons. The topological polar surface area (TPSA) is 82.6 Å². The van der Waals surface area contributed by atoms with Gasteiger partial charge in [0.05, 0.1) is 17.4 Å². The van der Waals surface area contributed by atoms with E-state index in [1.807, 2.05) is 17.9 Å². The van der Waals surface area contributed by atoms with E-state index in [4.69, 9.17) is 0 Å². The molecule has 10 heteroatoms. The van der Waals surface area contributed by atoms with Crippen LogP contribution < -0.4 is 9.62 Å². The molecule has 0 spiro atoms. The molecular formula is C21H23FN4O3S2. The predicted molar refractivity (Wildman–Crippen MR) is 122 cm³/mol. The number of hydrogen-bond donors (Lipinski definition) is 1. The first kappa shape index (κ1) is 21.5. The zero-order chi connectivity index (χ0) is 22.2. The summed E-state index contributed by atoms with van der Waals surface area (Å²) >= 11 is 1.47. The highest BCUT2D eigenvalue weighted by atomic mass is 32.2. The third-order valence-electron chi connectivity index (χ3n) is 5.10. The normalized spacial score (nSPS) is 14.8. The summed E-state index contributed by atoms with van der Waals surface area (Å²) in [5.74, 6) is -0.279. The van der Waals surface area contributed by atoms with E-state index in [1.54, 1.807) is 24.3 Å². The van der Waals surface area contributed by atoms with Gasteiger partial charge in [0, 0.05) is 31.9 Å². The molecule has 1 saturated heterocycles. The van der Waals surface area contributed by atoms with Crippen molar-refractivity contribution in [2.24, 2.45) is 0 Å². The minimum Gasteiger partial charge on any atom is -0.345 e. The number of carbonyl (C=O) groups is 1. The molecule has 0 bridgehead atoms. The first-order valence-corrected chi connectivity index (χ1v) is 12.5. The first-order chi connectivity index (χ1) is 14.7. The van der Waals surface area contributed by atoms with Gasteiger partial charge in [0.15, 0.2) is 10.9 Å². The van der Waals surface area contributed by atoms with Crippen molar-refractivity contribution in [3.05, 3.63) is 53.3 Å². The standard InChI is InChI=1S/C21H23FN4O3S2/c1-14-11-17(22)20-18(12-14)30-21(23-20)26-9-7-25(8-10-26)19(27)13-15-3-5-16(6-4-15)24-31(2,28)29/h3-6,11-12,24H,7-10,13H2,1-2H3. The molecule has 1 amide bonds. The number of benzene rings is 2. The van der Waals surface area contributed by atoms with Gasteiger partial charge in [0.2, 0.25) is 15.9 Å². The average molecular weight is 463 g/mol. The summed E-state index contributed by atoms with van der Waals surface area (Å²) < 4.78 is 40.0. The fourth-order valence-corrected chi connectivity index (χ4v) is 5.27. The quantitative estimate of drug-likeness (QED) is 0.630. The number of thiazole rings is 1. The minimum absolute atomic E-state index is 0.0226. The number of fused-ring (bicyclic) bond motifs is 1. The highest BCUT2D eigenvalue weighted by molar-refractivity contribution is 7.92. The maximum Gasteiger partial charge on any atom is 0.229 e. The SMILES string of the molecule is Cc1cc(F)c2nc(N3CCN(C(=O)Cc4ccc(NS(C)(=O)=O)cc4)CC3)sc2c1. The number of nitrogens with one attached hydrogen (secondary N) is 1. The fourth-order valence-electron chi connectivity index (χ4n) is 3.58. The Balaban J connectivity index is 1.35. The summed E-state index contributed by atoms with van der Waals surface area (Å²) in [6.07, 6.45) is 1.35. The molecular weight excluding hydrogens is 439 g/mol. The number of aryl methyl sites for hydroxylation is 1. The Kier molecular flexibility index (Phi) is 5.85. The Morgan fingerprint density at radius 3 is 2.48 bits per heavy atom. The van der Waals surface area contributed by atoms with Gasteiger partial charge < -0.3 is 9.80 Å². The maximum atomic E-state index is 14.1. The molecule has 7 nitrogen and oxygen atoms in total. The van der Waals surface area contributed by atoms with Gasteiger partial charge in [-0.2, -0.15) is 0 Å². The molecule has 2 heterocycles. The molecule has 1 fully saturated rings. The monoisotopic (exact) mass is 462 g/mol. The van der Waals surface area contributed by atoms with Crippen molar-refractivity contribution in [2.75, 3.05) is 42.1 Å². The Morgan fingerprint density at radius 1 is 1.16 bits per heavy atom. The Bertz CT molecular complexity index is 1220. The van der Waals surface area contributed by atoms with Crippen LogP contribution in [0.25, 0.3) is 10.2 Å². The van der Waals surface area contributed by atoms with Crippen LogP contribution in [0.4, 0.5) is 15.2 Å². The summed E-state index contributed by atoms with van der Waals surface area (Å²) in [5.41, 5.74) is 2.56. The lowest BCUT2D eigenvalue weighted by molar-refractivity contribution is -0.130. The Morgan fingerprint density at radius 2 is 1.84 bits per heavy atom. The summed E-state index contributed by atoms with van der Waals surface area (Å²) in [6.45, 7) is 4.29. The van der Waals surface area contributed by atoms with E-state index < -0.39 is 10.0 Å². The molecule has 31 heavy (non-hydrogen) atoms. The number of halogens is 1. The average Bonchev–Trinajstić information content (AvgIpc) is 3.13. The molecule has 0 unspecified atom stereocenters. The number of carbonyl (C=O) groups excluding carboxylic acids is 1. The second kappa shape index (κ2) is 8.43. The van der Waals surface area contributed by atoms with Crippen LogP contribution in [0, 0.1) is 12.7 Å². The van der Waals surface area contributed by atoms with E-state index in [0.717, 1.165) is 27.2 Å². The highest BCUT2D eigenvalue weighted by Crippen LogP contribution is 2.31. The number of rotatable bonds is 5. The molecule has 0 saturated carbocycles. The fraction of sp³-hybridized carbons (Fsp3) is 0.333. The van der Waals surface area contributed by atoms with Crippen LogP contribution in [0.1, 0.15) is 11.1 Å². The predicted octanol–water partition coefficient (Wildman–Crippen LogP) is 3.01. The lowest BCUT2D eigenvalue weighted by Gasteiger charge is -2.34. The van der Waals surface area contributed by atoms with Crippen molar-refractivity contribution in [2.45, 2.75) is 13.3 Å². The number of amides is 1. The van der Waals surface area contributed by atoms with E-state index in [1.165, 1.54) is 17.4 Å². The zero-order valence-corrected chi connectivity index (χ0v) is 18.9. The smallest absolute Gasteiger partial charge is 0.229 e. The summed E-state index contributed by atoms with van der Waals surface area (Å²) in [4.78, 5) is 21.1. The Hall–Kier alpha value is -2.72. The van der Waals surface area contributed by atoms with Crippen LogP contribution in [0.5, 0.6) is 0 Å². The third-order valence-corrected chi connectivity index (χ3v) is 6.77. The van der Waals surface area contributed by atoms with Crippen LogP contribution in [-0.2, 0) is 21.2 Å². The second-order valence-corrected chi connectivity index (χ2v) is 10.5. The lowest BCUT2D eigenvalue weighted by Crippen LogP contribution is -2.49. The van der Waals surface area contributed by atoms with Crippen molar-refractivity contribution in [1.29, 1.82) is 0 Å². The highest BCUT2D eigenvalue weighted by Gasteiger charge is 2.23. The van der Waals surface area contributed by atoms with Gasteiger partial charge in [0.1, 0.15) is 5.52 Å². The molecule has 1 aliphatic rings. The first-order valence-electron chi connectivity index (χ1n) is 9.84. The van der Waals surface area contributed by atoms with Gasteiger partial charge in [-0.25, -0.2) is 17.8 Å². The van der Waals surface area contributed by atoms with Crippen LogP contribution in [0.2, 0.25) is 0 Å². The van der Waals surface area contributed by atoms with Gasteiger partial charge in [-0.15, -0.1) is 0 Å². The molecule has 3 aromatic rings. The van der Waals surface area contributed by atoms with Gasteiger partial charge in [0.25, 0.3) is 0 Å². The van der Waals surface area contributed by atoms with E-state index in [9.17, 15) is 17.6 Å². The lowest BCUT2D eigenvalue weighted by atomic mass is 10.1. The van der Waals surface area contributed by atoms with E-state index in [2.05, 4.69) is 14.6 Å². The number of anilines is 2. The van der Waals surface area contributed by atoms with Gasteiger partial charge >= 0.3 is 0 Å². The van der Waals surface area contributed by atoms with E-state index in [-0.39, 0.29) is 18.1 Å². The number of hydrogen-bond acceptors (Lipinski definition) is 6. The number of nitrogens with zero attached hydrogens (tertiary/aromatic N) is 3. The largest absolute Gasteiger partial charge is 0.345 e. The van der Waals surface area contributed by atoms with Gasteiger partial charge in [-0.1, -0.05) is 23.5 Å². The molecule has 1 N–H and O–H groups in total. The number of aromatic nitrogens is 1. The van der Waals surface area contributed by atoms with Crippen molar-refractivity contribution in [3.8, 4) is 0 Å². The molecule has 1 aliphatic heterocycles. The van der Waals surface area contributed by atoms with Crippen LogP contribution in [0.3, 0.4) is 0 Å². The number of sulfonamides is 1. The van der Waals surface area contributed by atoms with E-state index >= 15 is 0 Å². The summed E-state index contributed by atoms with van der Waals surface area (Å²) in [5, 5.41) is 0.778. The van der Waals surface area contributed by atoms with Crippen molar-refractivity contribution in [1.82, 2.24) is 9.88 Å². The van der Waals surface area contributed by atoms with E-state index in [0.29, 0.717) is 37.4 Å². The van der Waals surface area contributed by atoms with Crippen molar-refractivity contribution in [3.63, 3.8) is 0 Å². The minimum atomic E-state index is -3.33. The third kappa shape index (κ3) is 5.13. The van der Waals surface area contributed by atoms with Gasteiger partial charge in [-0.05, 0) is 42.3 Å². The van der Waals surface area contributed by atoms with Crippen molar-refractivity contribution < 1.29 is 17.6 Å². The summed E-state index contributed by atoms with van der Waals surface area (Å²) in [7, 11) is -3.33. The second-order valence-electron chi connectivity index (χ2n) is 7.71. The molecule has 2 aromatic carbocycles. The molecule has 0 aliphatic carbocycles. The van der Waals surface area contributed by atoms with Crippen LogP contribution in [0.15, 0.2) is 36.4 Å². The molecule has 1 aromatic heterocycles. The van der Waals surface area contributed by atoms with Gasteiger partial charge in [-0.3, -0.25) is 9.52 Å². The molecule has 0 atom stereocenters. The summed E-state index contributed by atoms with van der Waals surface area (Å²) in [6, 6.07) is 10.2. The molecule has 0 radical (unpaired) electrons. The van der Waals surface area contributed by atoms with Crippen LogP contribution in [-0.4, -0.2) is 56.6 Å². The zero-order valence-electron chi connectivity index (χ0n) is 17.3.